The molecule has 0 unspecified atom stereocenters. The van der Waals surface area contributed by atoms with Gasteiger partial charge in [0.05, 0.1) is 0 Å². The monoisotopic (exact) mass is 366 g/mol. The Morgan fingerprint density at radius 1 is 1.00 bits per heavy atom. The molecule has 0 saturated heterocycles. The minimum Gasteiger partial charge on any atom is -0.326 e. The van der Waals surface area contributed by atoms with Crippen LogP contribution >= 0.6 is 0 Å². The van der Waals surface area contributed by atoms with E-state index in [4.69, 9.17) is 0 Å². The molecule has 0 heterocycles. The lowest BCUT2D eigenvalue weighted by Crippen LogP contribution is -2.32. The van der Waals surface area contributed by atoms with Crippen molar-refractivity contribution in [3.8, 4) is 0 Å². The largest absolute Gasteiger partial charge is 0.326 e. The van der Waals surface area contributed by atoms with Crippen LogP contribution in [0.25, 0.3) is 0 Å². The normalized spacial score (nSPS) is 10.6. The molecule has 0 radical (unpaired) electrons. The Labute approximate surface area is 160 Å². The fourth-order valence-corrected chi connectivity index (χ4v) is 2.90. The first-order chi connectivity index (χ1) is 12.8. The third-order valence-corrected chi connectivity index (χ3v) is 4.36. The van der Waals surface area contributed by atoms with Gasteiger partial charge in [-0.1, -0.05) is 44.2 Å². The highest BCUT2D eigenvalue weighted by atomic mass is 16.2. The summed E-state index contributed by atoms with van der Waals surface area (Å²) in [5.41, 5.74) is 3.02. The van der Waals surface area contributed by atoms with Crippen LogP contribution in [0.5, 0.6) is 0 Å². The van der Waals surface area contributed by atoms with Gasteiger partial charge < -0.3 is 10.2 Å². The summed E-state index contributed by atoms with van der Waals surface area (Å²) in [4.78, 5) is 37.6. The Morgan fingerprint density at radius 2 is 1.70 bits per heavy atom. The molecule has 27 heavy (non-hydrogen) atoms. The van der Waals surface area contributed by atoms with Crippen molar-refractivity contribution in [2.45, 2.75) is 40.0 Å². The van der Waals surface area contributed by atoms with E-state index in [-0.39, 0.29) is 30.6 Å². The molecule has 2 aromatic carbocycles. The van der Waals surface area contributed by atoms with Gasteiger partial charge >= 0.3 is 0 Å². The third-order valence-electron chi connectivity index (χ3n) is 4.36. The summed E-state index contributed by atoms with van der Waals surface area (Å²) in [6.45, 7) is 7.32. The summed E-state index contributed by atoms with van der Waals surface area (Å²) in [5, 5.41) is 2.94. The number of rotatable bonds is 7. The molecule has 0 aromatic heterocycles. The number of carbonyl (C=O) groups is 3. The maximum Gasteiger partial charge on any atom is 0.226 e. The molecule has 0 aliphatic heterocycles. The van der Waals surface area contributed by atoms with Gasteiger partial charge in [-0.25, -0.2) is 0 Å². The highest BCUT2D eigenvalue weighted by molar-refractivity contribution is 5.98. The quantitative estimate of drug-likeness (QED) is 0.739. The third kappa shape index (κ3) is 5.51. The maximum absolute atomic E-state index is 12.4. The number of para-hydroxylation sites is 1. The predicted octanol–water partition coefficient (Wildman–Crippen LogP) is 4.39. The van der Waals surface area contributed by atoms with E-state index >= 15 is 0 Å². The Balaban J connectivity index is 2.08. The molecule has 0 spiro atoms. The van der Waals surface area contributed by atoms with E-state index < -0.39 is 0 Å². The van der Waals surface area contributed by atoms with Gasteiger partial charge in [0, 0.05) is 36.8 Å². The number of carbonyl (C=O) groups excluding carboxylic acids is 3. The van der Waals surface area contributed by atoms with Gasteiger partial charge in [0.2, 0.25) is 11.8 Å². The molecule has 0 atom stereocenters. The Hall–Kier alpha value is -2.95. The highest BCUT2D eigenvalue weighted by Gasteiger charge is 2.15. The molecule has 0 fully saturated rings. The maximum atomic E-state index is 12.4. The zero-order valence-corrected chi connectivity index (χ0v) is 16.3. The van der Waals surface area contributed by atoms with Crippen LogP contribution in [0, 0.1) is 0 Å². The van der Waals surface area contributed by atoms with Gasteiger partial charge in [0.25, 0.3) is 0 Å². The second-order valence-corrected chi connectivity index (χ2v) is 6.82. The smallest absolute Gasteiger partial charge is 0.226 e. The van der Waals surface area contributed by atoms with Gasteiger partial charge in [0.1, 0.15) is 0 Å². The van der Waals surface area contributed by atoms with E-state index in [2.05, 4.69) is 19.2 Å². The summed E-state index contributed by atoms with van der Waals surface area (Å²) in [6.07, 6.45) is 0.163. The van der Waals surface area contributed by atoms with Crippen LogP contribution in [-0.4, -0.2) is 24.1 Å². The summed E-state index contributed by atoms with van der Waals surface area (Å²) in [6, 6.07) is 14.6. The molecule has 2 amide bonds. The first-order valence-corrected chi connectivity index (χ1v) is 9.07. The van der Waals surface area contributed by atoms with Crippen molar-refractivity contribution in [1.29, 1.82) is 0 Å². The second-order valence-electron chi connectivity index (χ2n) is 6.82. The van der Waals surface area contributed by atoms with Gasteiger partial charge in [-0.2, -0.15) is 0 Å². The van der Waals surface area contributed by atoms with E-state index in [9.17, 15) is 14.4 Å². The van der Waals surface area contributed by atoms with Gasteiger partial charge in [0.15, 0.2) is 5.78 Å². The number of nitrogens with one attached hydrogen (secondary N) is 1. The van der Waals surface area contributed by atoms with Gasteiger partial charge in [-0.3, -0.25) is 14.4 Å². The van der Waals surface area contributed by atoms with E-state index in [0.717, 1.165) is 11.3 Å². The molecule has 0 aliphatic rings. The molecule has 0 saturated carbocycles. The molecule has 0 aliphatic carbocycles. The van der Waals surface area contributed by atoms with Crippen molar-refractivity contribution in [2.24, 2.45) is 0 Å². The Bertz CT molecular complexity index is 843. The number of nitrogens with zero attached hydrogens (tertiary/aromatic N) is 1. The Kier molecular flexibility index (Phi) is 6.88. The molecule has 1 N–H and O–H groups in total. The molecule has 0 bridgehead atoms. The minimum atomic E-state index is -0.175. The molecule has 5 nitrogen and oxygen atoms in total. The van der Waals surface area contributed by atoms with E-state index in [1.807, 2.05) is 24.3 Å². The number of benzene rings is 2. The van der Waals surface area contributed by atoms with Crippen molar-refractivity contribution in [3.05, 3.63) is 59.7 Å². The fraction of sp³-hybridized carbons (Fsp3) is 0.318. The average Bonchev–Trinajstić information content (AvgIpc) is 2.62. The molecule has 2 rings (SSSR count). The first kappa shape index (κ1) is 20.4. The summed E-state index contributed by atoms with van der Waals surface area (Å²) >= 11 is 0. The molecule has 2 aromatic rings. The van der Waals surface area contributed by atoms with E-state index in [1.165, 1.54) is 18.7 Å². The summed E-state index contributed by atoms with van der Waals surface area (Å²) in [5.74, 6) is -0.101. The van der Waals surface area contributed by atoms with Crippen molar-refractivity contribution >= 4 is 29.0 Å². The molecular formula is C22H26N2O3. The molecule has 142 valence electrons. The van der Waals surface area contributed by atoms with Crippen LogP contribution in [0.4, 0.5) is 11.4 Å². The van der Waals surface area contributed by atoms with E-state index in [1.54, 1.807) is 24.3 Å². The topological polar surface area (TPSA) is 66.5 Å². The number of Topliss-reactive ketones (excluding diaryl/α,β-unsaturated/α-hetero) is 1. The second kappa shape index (κ2) is 9.12. The lowest BCUT2D eigenvalue weighted by Gasteiger charge is -2.22. The van der Waals surface area contributed by atoms with Crippen molar-refractivity contribution in [1.82, 2.24) is 0 Å². The van der Waals surface area contributed by atoms with Gasteiger partial charge in [-0.15, -0.1) is 0 Å². The Morgan fingerprint density at radius 3 is 2.33 bits per heavy atom. The van der Waals surface area contributed by atoms with Crippen LogP contribution < -0.4 is 10.2 Å². The lowest BCUT2D eigenvalue weighted by atomic mass is 10.0. The van der Waals surface area contributed by atoms with E-state index in [0.29, 0.717) is 17.2 Å². The number of hydrogen-bond acceptors (Lipinski definition) is 3. The van der Waals surface area contributed by atoms with Crippen LogP contribution in [0.1, 0.15) is 56.0 Å². The first-order valence-electron chi connectivity index (χ1n) is 9.07. The number of anilines is 2. The summed E-state index contributed by atoms with van der Waals surface area (Å²) < 4.78 is 0. The standard InChI is InChI=1S/C22H26N2O3/c1-15(2)20-10-5-6-11-21(20)23-22(27)12-13-24(17(4)26)19-9-7-8-18(14-19)16(3)25/h5-11,14-15H,12-13H2,1-4H3,(H,23,27). The van der Waals surface area contributed by atoms with Crippen molar-refractivity contribution in [3.63, 3.8) is 0 Å². The predicted molar refractivity (Wildman–Crippen MR) is 108 cm³/mol. The number of amides is 2. The molecular weight excluding hydrogens is 340 g/mol. The zero-order valence-electron chi connectivity index (χ0n) is 16.3. The van der Waals surface area contributed by atoms with Crippen molar-refractivity contribution in [2.75, 3.05) is 16.8 Å². The minimum absolute atomic E-state index is 0.0663. The number of hydrogen-bond donors (Lipinski definition) is 1. The highest BCUT2D eigenvalue weighted by Crippen LogP contribution is 2.24. The fourth-order valence-electron chi connectivity index (χ4n) is 2.90. The average molecular weight is 366 g/mol. The van der Waals surface area contributed by atoms with Crippen LogP contribution in [0.2, 0.25) is 0 Å². The zero-order chi connectivity index (χ0) is 20.0. The van der Waals surface area contributed by atoms with Crippen LogP contribution in [0.3, 0.4) is 0 Å². The van der Waals surface area contributed by atoms with Crippen LogP contribution in [-0.2, 0) is 9.59 Å². The van der Waals surface area contributed by atoms with Crippen molar-refractivity contribution < 1.29 is 14.4 Å². The molecule has 5 heteroatoms. The lowest BCUT2D eigenvalue weighted by molar-refractivity contribution is -0.117. The summed E-state index contributed by atoms with van der Waals surface area (Å²) in [7, 11) is 0. The SMILES string of the molecule is CC(=O)c1cccc(N(CCC(=O)Nc2ccccc2C(C)C)C(C)=O)c1. The van der Waals surface area contributed by atoms with Gasteiger partial charge in [-0.05, 0) is 36.6 Å². The number of ketones is 1. The van der Waals surface area contributed by atoms with Crippen LogP contribution in [0.15, 0.2) is 48.5 Å².